The summed E-state index contributed by atoms with van der Waals surface area (Å²) in [5.74, 6) is 0.436. The summed E-state index contributed by atoms with van der Waals surface area (Å²) < 4.78 is 4.91. The molecule has 1 aromatic rings. The highest BCUT2D eigenvalue weighted by molar-refractivity contribution is 5.65. The van der Waals surface area contributed by atoms with Crippen molar-refractivity contribution < 1.29 is 9.53 Å². The average Bonchev–Trinajstić information content (AvgIpc) is 2.16. The fourth-order valence-electron chi connectivity index (χ4n) is 1.43. The van der Waals surface area contributed by atoms with Gasteiger partial charge in [-0.05, 0) is 23.5 Å². The molecule has 0 aliphatic heterocycles. The lowest BCUT2D eigenvalue weighted by Crippen LogP contribution is -1.99. The van der Waals surface area contributed by atoms with E-state index in [0.717, 1.165) is 12.0 Å². The monoisotopic (exact) mass is 206 g/mol. The quantitative estimate of drug-likeness (QED) is 0.708. The van der Waals surface area contributed by atoms with Gasteiger partial charge in [0.2, 0.25) is 0 Å². The Kier molecular flexibility index (Phi) is 4.35. The van der Waals surface area contributed by atoms with Gasteiger partial charge in [0.25, 0.3) is 0 Å². The summed E-state index contributed by atoms with van der Waals surface area (Å²) in [6.45, 7) is 6.20. The molecule has 0 unspecified atom stereocenters. The molecule has 0 saturated carbocycles. The fourth-order valence-corrected chi connectivity index (χ4v) is 1.43. The van der Waals surface area contributed by atoms with Crippen LogP contribution in [0.25, 0.3) is 0 Å². The summed E-state index contributed by atoms with van der Waals surface area (Å²) in [5, 5.41) is 0. The minimum atomic E-state index is -0.235. The second-order valence-electron chi connectivity index (χ2n) is 4.19. The molecule has 0 spiro atoms. The number of carbonyl (C=O) groups is 1. The van der Waals surface area contributed by atoms with Crippen LogP contribution < -0.4 is 0 Å². The summed E-state index contributed by atoms with van der Waals surface area (Å²) in [5.41, 5.74) is 2.37. The van der Waals surface area contributed by atoms with Crippen molar-refractivity contribution in [2.75, 3.05) is 0 Å². The Hall–Kier alpha value is -1.31. The zero-order chi connectivity index (χ0) is 11.3. The highest BCUT2D eigenvalue weighted by Gasteiger charge is 1.99. The molecular formula is C13H18O2. The van der Waals surface area contributed by atoms with E-state index < -0.39 is 0 Å². The SMILES string of the molecule is CC(=O)OCc1ccc(CC(C)C)cc1. The van der Waals surface area contributed by atoms with Crippen LogP contribution in [0.1, 0.15) is 31.9 Å². The Balaban J connectivity index is 2.52. The van der Waals surface area contributed by atoms with Gasteiger partial charge in [-0.15, -0.1) is 0 Å². The van der Waals surface area contributed by atoms with Crippen LogP contribution in [0.4, 0.5) is 0 Å². The van der Waals surface area contributed by atoms with Crippen molar-refractivity contribution in [2.24, 2.45) is 5.92 Å². The Morgan fingerprint density at radius 1 is 1.20 bits per heavy atom. The molecule has 0 bridgehead atoms. The Labute approximate surface area is 91.3 Å². The number of carbonyl (C=O) groups excluding carboxylic acids is 1. The van der Waals surface area contributed by atoms with Crippen molar-refractivity contribution in [3.63, 3.8) is 0 Å². The van der Waals surface area contributed by atoms with Gasteiger partial charge < -0.3 is 4.74 Å². The molecule has 82 valence electrons. The molecule has 0 aromatic heterocycles. The smallest absolute Gasteiger partial charge is 0.302 e. The van der Waals surface area contributed by atoms with Crippen LogP contribution in [0.2, 0.25) is 0 Å². The van der Waals surface area contributed by atoms with Crippen molar-refractivity contribution >= 4 is 5.97 Å². The Bertz CT molecular complexity index is 312. The Morgan fingerprint density at radius 2 is 1.73 bits per heavy atom. The molecule has 0 aliphatic rings. The third kappa shape index (κ3) is 4.63. The van der Waals surface area contributed by atoms with E-state index in [4.69, 9.17) is 4.74 Å². The zero-order valence-electron chi connectivity index (χ0n) is 9.62. The highest BCUT2D eigenvalue weighted by atomic mass is 16.5. The molecule has 15 heavy (non-hydrogen) atoms. The van der Waals surface area contributed by atoms with Gasteiger partial charge in [-0.1, -0.05) is 38.1 Å². The van der Waals surface area contributed by atoms with Gasteiger partial charge in [-0.2, -0.15) is 0 Å². The van der Waals surface area contributed by atoms with Crippen LogP contribution in [0.5, 0.6) is 0 Å². The first-order valence-corrected chi connectivity index (χ1v) is 5.29. The lowest BCUT2D eigenvalue weighted by Gasteiger charge is -2.06. The summed E-state index contributed by atoms with van der Waals surface area (Å²) in [6, 6.07) is 8.22. The second-order valence-corrected chi connectivity index (χ2v) is 4.19. The summed E-state index contributed by atoms with van der Waals surface area (Å²) in [7, 11) is 0. The minimum Gasteiger partial charge on any atom is -0.461 e. The van der Waals surface area contributed by atoms with Crippen LogP contribution in [0.3, 0.4) is 0 Å². The normalized spacial score (nSPS) is 10.4. The predicted octanol–water partition coefficient (Wildman–Crippen LogP) is 2.95. The molecular weight excluding hydrogens is 188 g/mol. The fraction of sp³-hybridized carbons (Fsp3) is 0.462. The lowest BCUT2D eigenvalue weighted by atomic mass is 10.0. The van der Waals surface area contributed by atoms with Gasteiger partial charge in [0.1, 0.15) is 6.61 Å². The first-order valence-electron chi connectivity index (χ1n) is 5.29. The molecule has 2 heteroatoms. The largest absolute Gasteiger partial charge is 0.461 e. The number of hydrogen-bond donors (Lipinski definition) is 0. The predicted molar refractivity (Wildman–Crippen MR) is 60.5 cm³/mol. The molecule has 0 radical (unpaired) electrons. The second kappa shape index (κ2) is 5.54. The van der Waals surface area contributed by atoms with E-state index in [1.807, 2.05) is 12.1 Å². The summed E-state index contributed by atoms with van der Waals surface area (Å²) in [4.78, 5) is 10.6. The highest BCUT2D eigenvalue weighted by Crippen LogP contribution is 2.10. The molecule has 2 nitrogen and oxygen atoms in total. The molecule has 0 saturated heterocycles. The maximum Gasteiger partial charge on any atom is 0.302 e. The van der Waals surface area contributed by atoms with Crippen LogP contribution in [-0.2, 0) is 22.6 Å². The van der Waals surface area contributed by atoms with Crippen LogP contribution in [0, 0.1) is 5.92 Å². The summed E-state index contributed by atoms with van der Waals surface area (Å²) >= 11 is 0. The molecule has 0 fully saturated rings. The maximum atomic E-state index is 10.6. The Morgan fingerprint density at radius 3 is 2.20 bits per heavy atom. The van der Waals surface area contributed by atoms with Crippen molar-refractivity contribution in [2.45, 2.75) is 33.8 Å². The average molecular weight is 206 g/mol. The molecule has 1 aromatic carbocycles. The van der Waals surface area contributed by atoms with Crippen LogP contribution >= 0.6 is 0 Å². The van der Waals surface area contributed by atoms with Gasteiger partial charge in [0.15, 0.2) is 0 Å². The lowest BCUT2D eigenvalue weighted by molar-refractivity contribution is -0.142. The molecule has 0 heterocycles. The first-order chi connectivity index (χ1) is 7.08. The van der Waals surface area contributed by atoms with Crippen molar-refractivity contribution in [1.29, 1.82) is 0 Å². The third-order valence-electron chi connectivity index (χ3n) is 2.11. The number of rotatable bonds is 4. The third-order valence-corrected chi connectivity index (χ3v) is 2.11. The van der Waals surface area contributed by atoms with Gasteiger partial charge in [-0.3, -0.25) is 4.79 Å². The molecule has 0 amide bonds. The van der Waals surface area contributed by atoms with Crippen molar-refractivity contribution in [3.05, 3.63) is 35.4 Å². The summed E-state index contributed by atoms with van der Waals surface area (Å²) in [6.07, 6.45) is 1.09. The van der Waals surface area contributed by atoms with E-state index in [2.05, 4.69) is 26.0 Å². The number of hydrogen-bond acceptors (Lipinski definition) is 2. The zero-order valence-corrected chi connectivity index (χ0v) is 9.62. The van der Waals surface area contributed by atoms with Gasteiger partial charge in [0.05, 0.1) is 0 Å². The van der Waals surface area contributed by atoms with E-state index >= 15 is 0 Å². The van der Waals surface area contributed by atoms with Crippen LogP contribution in [-0.4, -0.2) is 5.97 Å². The van der Waals surface area contributed by atoms with Crippen molar-refractivity contribution in [1.82, 2.24) is 0 Å². The van der Waals surface area contributed by atoms with Gasteiger partial charge >= 0.3 is 5.97 Å². The first kappa shape index (κ1) is 11.8. The molecule has 0 aliphatic carbocycles. The van der Waals surface area contributed by atoms with E-state index in [1.165, 1.54) is 12.5 Å². The van der Waals surface area contributed by atoms with E-state index in [0.29, 0.717) is 12.5 Å². The van der Waals surface area contributed by atoms with Crippen LogP contribution in [0.15, 0.2) is 24.3 Å². The number of ether oxygens (including phenoxy) is 1. The van der Waals surface area contributed by atoms with E-state index in [-0.39, 0.29) is 5.97 Å². The van der Waals surface area contributed by atoms with Gasteiger partial charge in [-0.25, -0.2) is 0 Å². The molecule has 0 N–H and O–H groups in total. The number of esters is 1. The van der Waals surface area contributed by atoms with Gasteiger partial charge in [0, 0.05) is 6.92 Å². The maximum absolute atomic E-state index is 10.6. The van der Waals surface area contributed by atoms with Crippen molar-refractivity contribution in [3.8, 4) is 0 Å². The minimum absolute atomic E-state index is 0.235. The molecule has 0 atom stereocenters. The molecule has 1 rings (SSSR count). The topological polar surface area (TPSA) is 26.3 Å². The van der Waals surface area contributed by atoms with E-state index in [9.17, 15) is 4.79 Å². The standard InChI is InChI=1S/C13H18O2/c1-10(2)8-12-4-6-13(7-5-12)9-15-11(3)14/h4-7,10H,8-9H2,1-3H3. The number of benzene rings is 1. The van der Waals surface area contributed by atoms with E-state index in [1.54, 1.807) is 0 Å².